The van der Waals surface area contributed by atoms with E-state index in [1.807, 2.05) is 0 Å². The van der Waals surface area contributed by atoms with Gasteiger partial charge < -0.3 is 15.7 Å². The van der Waals surface area contributed by atoms with Gasteiger partial charge in [0.1, 0.15) is 0 Å². The lowest BCUT2D eigenvalue weighted by atomic mass is 9.91. The number of hydrogen-bond acceptors (Lipinski definition) is 2. The molecule has 0 aromatic carbocycles. The van der Waals surface area contributed by atoms with Gasteiger partial charge in [-0.3, -0.25) is 5.41 Å². The number of piperidine rings is 1. The van der Waals surface area contributed by atoms with E-state index < -0.39 is 6.09 Å². The Morgan fingerprint density at radius 1 is 1.38 bits per heavy atom. The van der Waals surface area contributed by atoms with Crippen LogP contribution in [-0.2, 0) is 0 Å². The fourth-order valence-corrected chi connectivity index (χ4v) is 2.16. The summed E-state index contributed by atoms with van der Waals surface area (Å²) in [4.78, 5) is 12.2. The van der Waals surface area contributed by atoms with Crippen molar-refractivity contribution in [3.05, 3.63) is 0 Å². The van der Waals surface area contributed by atoms with Gasteiger partial charge in [-0.1, -0.05) is 12.8 Å². The Morgan fingerprint density at radius 3 is 2.50 bits per heavy atom. The molecule has 5 heteroatoms. The average molecular weight is 227 g/mol. The van der Waals surface area contributed by atoms with E-state index in [0.29, 0.717) is 25.4 Å². The zero-order valence-electron chi connectivity index (χ0n) is 9.61. The smallest absolute Gasteiger partial charge is 0.407 e. The second-order valence-corrected chi connectivity index (χ2v) is 4.48. The maximum Gasteiger partial charge on any atom is 0.407 e. The molecule has 1 saturated heterocycles. The van der Waals surface area contributed by atoms with Crippen LogP contribution >= 0.6 is 0 Å². The van der Waals surface area contributed by atoms with Gasteiger partial charge >= 0.3 is 6.09 Å². The van der Waals surface area contributed by atoms with E-state index >= 15 is 0 Å². The number of likely N-dealkylation sites (tertiary alicyclic amines) is 1. The van der Waals surface area contributed by atoms with Crippen molar-refractivity contribution >= 4 is 11.9 Å². The average Bonchev–Trinajstić information content (AvgIpc) is 2.25. The number of carbonyl (C=O) groups is 1. The van der Waals surface area contributed by atoms with Crippen molar-refractivity contribution in [2.45, 2.75) is 38.5 Å². The van der Waals surface area contributed by atoms with Gasteiger partial charge in [-0.15, -0.1) is 0 Å². The summed E-state index contributed by atoms with van der Waals surface area (Å²) >= 11 is 0. The van der Waals surface area contributed by atoms with Crippen molar-refractivity contribution in [1.29, 1.82) is 5.41 Å². The molecule has 4 N–H and O–H groups in total. The first-order chi connectivity index (χ1) is 7.59. The Morgan fingerprint density at radius 2 is 2.00 bits per heavy atom. The lowest BCUT2D eigenvalue weighted by Gasteiger charge is -2.29. The Hall–Kier alpha value is -1.26. The van der Waals surface area contributed by atoms with Gasteiger partial charge in [-0.25, -0.2) is 4.79 Å². The van der Waals surface area contributed by atoms with Crippen molar-refractivity contribution in [2.75, 3.05) is 13.1 Å². The van der Waals surface area contributed by atoms with Gasteiger partial charge in [0.2, 0.25) is 0 Å². The Kier molecular flexibility index (Phi) is 5.08. The van der Waals surface area contributed by atoms with Crippen LogP contribution in [0.15, 0.2) is 0 Å². The summed E-state index contributed by atoms with van der Waals surface area (Å²) in [6, 6.07) is 0. The summed E-state index contributed by atoms with van der Waals surface area (Å²) in [6.07, 6.45) is 5.06. The van der Waals surface area contributed by atoms with E-state index in [9.17, 15) is 4.79 Å². The van der Waals surface area contributed by atoms with Crippen molar-refractivity contribution < 1.29 is 9.90 Å². The fourth-order valence-electron chi connectivity index (χ4n) is 2.16. The van der Waals surface area contributed by atoms with Crippen LogP contribution in [0.4, 0.5) is 4.79 Å². The molecule has 1 heterocycles. The third-order valence-corrected chi connectivity index (χ3v) is 3.19. The lowest BCUT2D eigenvalue weighted by Crippen LogP contribution is -2.37. The largest absolute Gasteiger partial charge is 0.465 e. The van der Waals surface area contributed by atoms with Crippen molar-refractivity contribution in [3.8, 4) is 0 Å². The number of carboxylic acid groups (broad SMARTS) is 1. The third-order valence-electron chi connectivity index (χ3n) is 3.19. The zero-order valence-corrected chi connectivity index (χ0v) is 9.61. The van der Waals surface area contributed by atoms with Crippen LogP contribution in [0.25, 0.3) is 0 Å². The number of amides is 1. The van der Waals surface area contributed by atoms with Crippen molar-refractivity contribution in [1.82, 2.24) is 4.90 Å². The minimum atomic E-state index is -0.796. The number of unbranched alkanes of at least 4 members (excludes halogenated alkanes) is 1. The van der Waals surface area contributed by atoms with E-state index in [-0.39, 0.29) is 5.84 Å². The molecule has 1 aliphatic heterocycles. The summed E-state index contributed by atoms with van der Waals surface area (Å²) in [5, 5.41) is 15.9. The molecule has 16 heavy (non-hydrogen) atoms. The molecule has 0 aromatic rings. The highest BCUT2D eigenvalue weighted by Crippen LogP contribution is 2.22. The first kappa shape index (κ1) is 12.8. The van der Waals surface area contributed by atoms with Crippen LogP contribution in [0.1, 0.15) is 38.5 Å². The van der Waals surface area contributed by atoms with Gasteiger partial charge in [0.15, 0.2) is 0 Å². The van der Waals surface area contributed by atoms with Crippen molar-refractivity contribution in [3.63, 3.8) is 0 Å². The van der Waals surface area contributed by atoms with Gasteiger partial charge in [-0.05, 0) is 25.2 Å². The van der Waals surface area contributed by atoms with Gasteiger partial charge in [0.25, 0.3) is 0 Å². The Balaban J connectivity index is 2.08. The zero-order chi connectivity index (χ0) is 12.0. The molecule has 0 saturated carbocycles. The molecule has 0 atom stereocenters. The van der Waals surface area contributed by atoms with Crippen LogP contribution in [0, 0.1) is 11.3 Å². The molecule has 1 amide bonds. The third kappa shape index (κ3) is 4.51. The molecule has 0 bridgehead atoms. The predicted molar refractivity (Wildman–Crippen MR) is 62.7 cm³/mol. The van der Waals surface area contributed by atoms with E-state index in [2.05, 4.69) is 0 Å². The molecule has 0 unspecified atom stereocenters. The summed E-state index contributed by atoms with van der Waals surface area (Å²) < 4.78 is 0. The van der Waals surface area contributed by atoms with Crippen LogP contribution < -0.4 is 5.73 Å². The number of nitrogens with two attached hydrogens (primary N) is 1. The molecular formula is C11H21N3O2. The van der Waals surface area contributed by atoms with Crippen molar-refractivity contribution in [2.24, 2.45) is 11.7 Å². The topological polar surface area (TPSA) is 90.4 Å². The SMILES string of the molecule is N=C(N)CCCCC1CCN(C(=O)O)CC1. The predicted octanol–water partition coefficient (Wildman–Crippen LogP) is 1.87. The van der Waals surface area contributed by atoms with Gasteiger partial charge in [-0.2, -0.15) is 0 Å². The van der Waals surface area contributed by atoms with Gasteiger partial charge in [0.05, 0.1) is 5.84 Å². The minimum absolute atomic E-state index is 0.265. The van der Waals surface area contributed by atoms with E-state index in [0.717, 1.165) is 32.1 Å². The molecule has 1 aliphatic rings. The first-order valence-corrected chi connectivity index (χ1v) is 5.90. The van der Waals surface area contributed by atoms with Crippen LogP contribution in [0.3, 0.4) is 0 Å². The first-order valence-electron chi connectivity index (χ1n) is 5.90. The standard InChI is InChI=1S/C11H21N3O2/c12-10(13)4-2-1-3-9-5-7-14(8-6-9)11(15)16/h9H,1-8H2,(H3,12,13)(H,15,16). The number of amidine groups is 1. The minimum Gasteiger partial charge on any atom is -0.465 e. The molecule has 0 aliphatic carbocycles. The molecule has 0 spiro atoms. The molecule has 5 nitrogen and oxygen atoms in total. The molecule has 92 valence electrons. The molecule has 0 radical (unpaired) electrons. The number of hydrogen-bond donors (Lipinski definition) is 3. The summed E-state index contributed by atoms with van der Waals surface area (Å²) in [6.45, 7) is 1.35. The molecule has 1 rings (SSSR count). The van der Waals surface area contributed by atoms with Crippen LogP contribution in [0.5, 0.6) is 0 Å². The van der Waals surface area contributed by atoms with E-state index in [4.69, 9.17) is 16.2 Å². The van der Waals surface area contributed by atoms with Crippen LogP contribution in [-0.4, -0.2) is 35.0 Å². The highest BCUT2D eigenvalue weighted by molar-refractivity contribution is 5.76. The number of nitrogens with zero attached hydrogens (tertiary/aromatic N) is 1. The Labute approximate surface area is 96.1 Å². The quantitative estimate of drug-likeness (QED) is 0.380. The molecule has 0 aromatic heterocycles. The summed E-state index contributed by atoms with van der Waals surface area (Å²) in [7, 11) is 0. The maximum absolute atomic E-state index is 10.7. The molecular weight excluding hydrogens is 206 g/mol. The molecule has 1 fully saturated rings. The highest BCUT2D eigenvalue weighted by Gasteiger charge is 2.21. The summed E-state index contributed by atoms with van der Waals surface area (Å²) in [5.74, 6) is 0.920. The lowest BCUT2D eigenvalue weighted by molar-refractivity contribution is 0.122. The number of rotatable bonds is 5. The normalized spacial score (nSPS) is 17.4. The van der Waals surface area contributed by atoms with E-state index in [1.165, 1.54) is 4.90 Å². The fraction of sp³-hybridized carbons (Fsp3) is 0.818. The second kappa shape index (κ2) is 6.35. The van der Waals surface area contributed by atoms with Gasteiger partial charge in [0, 0.05) is 19.5 Å². The highest BCUT2D eigenvalue weighted by atomic mass is 16.4. The maximum atomic E-state index is 10.7. The van der Waals surface area contributed by atoms with E-state index in [1.54, 1.807) is 0 Å². The Bertz CT molecular complexity index is 248. The monoisotopic (exact) mass is 227 g/mol. The second-order valence-electron chi connectivity index (χ2n) is 4.48. The van der Waals surface area contributed by atoms with Crippen LogP contribution in [0.2, 0.25) is 0 Å². The number of nitrogens with one attached hydrogen (secondary N) is 1. The summed E-state index contributed by atoms with van der Waals surface area (Å²) in [5.41, 5.74) is 5.27.